The van der Waals surface area contributed by atoms with Crippen molar-refractivity contribution in [2.45, 2.75) is 56.4 Å². The SMILES string of the molecule is [2H]C(Nc1cc(Cl)c2ncc(C#N)c(N[C@H](CCC#N)c3ccccc3)c2c1)(c1cn(C2(C(F)(F)F)CC2)nn1)c1ccc(F)nc1C. The summed E-state index contributed by atoms with van der Waals surface area (Å²) < 4.78 is 66.3. The van der Waals surface area contributed by atoms with Crippen LogP contribution in [-0.2, 0) is 5.54 Å². The number of aromatic nitrogens is 5. The summed E-state index contributed by atoms with van der Waals surface area (Å²) in [6.07, 6.45) is -1.86. The molecule has 0 amide bonds. The fraction of sp³-hybridized carbons (Fsp3) is 0.273. The number of fused-ring (bicyclic) bond motifs is 1. The Morgan fingerprint density at radius 2 is 1.89 bits per heavy atom. The number of hydrogen-bond donors (Lipinski definition) is 2. The number of hydrogen-bond acceptors (Lipinski definition) is 8. The van der Waals surface area contributed by atoms with Gasteiger partial charge in [-0.2, -0.15) is 28.1 Å². The minimum absolute atomic E-state index is 0.0925. The predicted molar refractivity (Wildman–Crippen MR) is 167 cm³/mol. The van der Waals surface area contributed by atoms with Gasteiger partial charge in [0, 0.05) is 34.9 Å². The third kappa shape index (κ3) is 6.14. The molecule has 5 aromatic rings. The zero-order chi connectivity index (χ0) is 34.3. The molecule has 47 heavy (non-hydrogen) atoms. The molecule has 2 aromatic carbocycles. The van der Waals surface area contributed by atoms with Crippen LogP contribution < -0.4 is 10.6 Å². The molecule has 2 N–H and O–H groups in total. The van der Waals surface area contributed by atoms with Crippen molar-refractivity contribution in [1.29, 1.82) is 10.5 Å². The Morgan fingerprint density at radius 1 is 1.13 bits per heavy atom. The first-order valence-electron chi connectivity index (χ1n) is 15.0. The minimum atomic E-state index is -4.59. The summed E-state index contributed by atoms with van der Waals surface area (Å²) in [4.78, 5) is 8.22. The van der Waals surface area contributed by atoms with Gasteiger partial charge in [-0.15, -0.1) is 5.10 Å². The van der Waals surface area contributed by atoms with Gasteiger partial charge in [-0.05, 0) is 49.9 Å². The summed E-state index contributed by atoms with van der Waals surface area (Å²) in [6.45, 7) is 1.47. The number of aryl methyl sites for hydroxylation is 1. The van der Waals surface area contributed by atoms with Crippen LogP contribution in [-0.4, -0.2) is 31.1 Å². The van der Waals surface area contributed by atoms with E-state index in [9.17, 15) is 29.5 Å². The van der Waals surface area contributed by atoms with E-state index in [0.29, 0.717) is 23.0 Å². The number of alkyl halides is 3. The predicted octanol–water partition coefficient (Wildman–Crippen LogP) is 7.90. The zero-order valence-corrected chi connectivity index (χ0v) is 25.5. The Morgan fingerprint density at radius 3 is 2.55 bits per heavy atom. The highest BCUT2D eigenvalue weighted by molar-refractivity contribution is 6.35. The lowest BCUT2D eigenvalue weighted by molar-refractivity contribution is -0.182. The van der Waals surface area contributed by atoms with E-state index < -0.39 is 23.7 Å². The van der Waals surface area contributed by atoms with Crippen LogP contribution >= 0.6 is 11.6 Å². The molecular formula is C33H26ClF4N9. The average molecular weight is 661 g/mol. The highest BCUT2D eigenvalue weighted by atomic mass is 35.5. The highest BCUT2D eigenvalue weighted by Crippen LogP contribution is 2.55. The maximum atomic E-state index is 14.1. The average Bonchev–Trinajstić information content (AvgIpc) is 3.73. The van der Waals surface area contributed by atoms with E-state index in [-0.39, 0.29) is 58.5 Å². The Bertz CT molecular complexity index is 2090. The number of halogens is 5. The summed E-state index contributed by atoms with van der Waals surface area (Å²) in [5.74, 6) is -0.805. The zero-order valence-electron chi connectivity index (χ0n) is 25.8. The second-order valence-electron chi connectivity index (χ2n) is 11.2. The van der Waals surface area contributed by atoms with Gasteiger partial charge < -0.3 is 10.6 Å². The van der Waals surface area contributed by atoms with Crippen molar-refractivity contribution >= 4 is 33.9 Å². The van der Waals surface area contributed by atoms with E-state index in [1.165, 1.54) is 25.3 Å². The number of nitriles is 2. The number of anilines is 2. The largest absolute Gasteiger partial charge is 0.413 e. The van der Waals surface area contributed by atoms with Crippen molar-refractivity contribution in [3.63, 3.8) is 0 Å². The molecule has 2 atom stereocenters. The van der Waals surface area contributed by atoms with Crippen molar-refractivity contribution in [1.82, 2.24) is 25.0 Å². The molecule has 238 valence electrons. The fourth-order valence-electron chi connectivity index (χ4n) is 5.52. The fourth-order valence-corrected chi connectivity index (χ4v) is 5.79. The normalized spacial score (nSPS) is 16.0. The third-order valence-corrected chi connectivity index (χ3v) is 8.43. The Labute approximate surface area is 273 Å². The molecule has 6 rings (SSSR count). The summed E-state index contributed by atoms with van der Waals surface area (Å²) >= 11 is 6.73. The third-order valence-electron chi connectivity index (χ3n) is 8.14. The number of benzene rings is 2. The summed E-state index contributed by atoms with van der Waals surface area (Å²) in [5, 5.41) is 34.1. The van der Waals surface area contributed by atoms with Crippen molar-refractivity contribution in [2.24, 2.45) is 0 Å². The van der Waals surface area contributed by atoms with E-state index in [1.54, 1.807) is 6.07 Å². The van der Waals surface area contributed by atoms with Crippen LogP contribution in [0.25, 0.3) is 10.9 Å². The van der Waals surface area contributed by atoms with Crippen LogP contribution in [0.15, 0.2) is 67.0 Å². The van der Waals surface area contributed by atoms with Crippen LogP contribution in [0, 0.1) is 35.5 Å². The van der Waals surface area contributed by atoms with Crippen LogP contribution in [0.3, 0.4) is 0 Å². The van der Waals surface area contributed by atoms with Gasteiger partial charge in [0.1, 0.15) is 11.8 Å². The van der Waals surface area contributed by atoms with Crippen molar-refractivity contribution in [2.75, 3.05) is 10.6 Å². The van der Waals surface area contributed by atoms with Crippen molar-refractivity contribution < 1.29 is 18.9 Å². The second kappa shape index (κ2) is 12.5. The maximum Gasteiger partial charge on any atom is 0.413 e. The molecule has 1 aliphatic carbocycles. The van der Waals surface area contributed by atoms with E-state index in [4.69, 9.17) is 11.6 Å². The molecule has 0 saturated heterocycles. The molecule has 0 bridgehead atoms. The van der Waals surface area contributed by atoms with Gasteiger partial charge in [0.25, 0.3) is 0 Å². The molecule has 0 spiro atoms. The van der Waals surface area contributed by atoms with Gasteiger partial charge in [0.15, 0.2) is 5.54 Å². The van der Waals surface area contributed by atoms with Crippen molar-refractivity contribution in [3.8, 4) is 12.1 Å². The van der Waals surface area contributed by atoms with E-state index in [2.05, 4.69) is 43.1 Å². The Balaban J connectivity index is 1.48. The molecule has 1 saturated carbocycles. The molecule has 0 aliphatic heterocycles. The lowest BCUT2D eigenvalue weighted by Crippen LogP contribution is -2.35. The summed E-state index contributed by atoms with van der Waals surface area (Å²) in [5.41, 5.74) is -0.237. The molecule has 1 fully saturated rings. The van der Waals surface area contributed by atoms with E-state index >= 15 is 0 Å². The molecule has 3 heterocycles. The number of nitrogens with zero attached hydrogens (tertiary/aromatic N) is 7. The number of rotatable bonds is 10. The summed E-state index contributed by atoms with van der Waals surface area (Å²) in [6, 6.07) is 16.6. The van der Waals surface area contributed by atoms with Gasteiger partial charge >= 0.3 is 6.18 Å². The minimum Gasteiger partial charge on any atom is -0.377 e. The molecular weight excluding hydrogens is 634 g/mol. The second-order valence-corrected chi connectivity index (χ2v) is 11.6. The first-order chi connectivity index (χ1) is 22.9. The lowest BCUT2D eigenvalue weighted by Gasteiger charge is -2.23. The number of pyridine rings is 2. The van der Waals surface area contributed by atoms with Gasteiger partial charge in [-0.3, -0.25) is 4.98 Å². The van der Waals surface area contributed by atoms with Crippen LogP contribution in [0.4, 0.5) is 28.9 Å². The molecule has 1 unspecified atom stereocenters. The lowest BCUT2D eigenvalue weighted by atomic mass is 10.00. The topological polar surface area (TPSA) is 128 Å². The van der Waals surface area contributed by atoms with Crippen LogP contribution in [0.2, 0.25) is 5.02 Å². The van der Waals surface area contributed by atoms with Gasteiger partial charge in [0.05, 0.1) is 47.5 Å². The van der Waals surface area contributed by atoms with E-state index in [0.717, 1.165) is 22.5 Å². The first-order valence-corrected chi connectivity index (χ1v) is 14.9. The monoisotopic (exact) mass is 660 g/mol. The quantitative estimate of drug-likeness (QED) is 0.114. The molecule has 1 aliphatic rings. The smallest absolute Gasteiger partial charge is 0.377 e. The van der Waals surface area contributed by atoms with Crippen LogP contribution in [0.1, 0.15) is 67.2 Å². The molecule has 3 aromatic heterocycles. The van der Waals surface area contributed by atoms with E-state index in [1.807, 2.05) is 30.3 Å². The standard InChI is InChI=1S/C33H26ClF4N9/c1-19-23(9-10-28(35)42-19)31(27-18-47(46-45-27)32(11-12-32)33(36,37)38)43-22-14-24-29(21(16-40)17-41-30(24)25(34)15-22)44-26(8-5-13-39)20-6-3-2-4-7-20/h2-4,6-7,9-10,14-15,17-18,26,31,43H,5,8,11-12H2,1H3,(H,41,44)/t26-,31?/m1/s1/i31D. The summed E-state index contributed by atoms with van der Waals surface area (Å²) in [7, 11) is 0. The van der Waals surface area contributed by atoms with Gasteiger partial charge in [-0.25, -0.2) is 9.67 Å². The van der Waals surface area contributed by atoms with Gasteiger partial charge in [0.2, 0.25) is 5.95 Å². The first kappa shape index (κ1) is 30.4. The number of nitrogens with one attached hydrogen (secondary N) is 2. The Hall–Kier alpha value is -5.27. The Kier molecular flexibility index (Phi) is 8.08. The molecule has 0 radical (unpaired) electrons. The highest BCUT2D eigenvalue weighted by Gasteiger charge is 2.66. The molecule has 14 heteroatoms. The van der Waals surface area contributed by atoms with Crippen LogP contribution in [0.5, 0.6) is 0 Å². The van der Waals surface area contributed by atoms with Crippen molar-refractivity contribution in [3.05, 3.63) is 106 Å². The molecule has 9 nitrogen and oxygen atoms in total. The maximum absolute atomic E-state index is 14.1. The van der Waals surface area contributed by atoms with Gasteiger partial charge in [-0.1, -0.05) is 53.2 Å².